The Labute approximate surface area is 130 Å². The van der Waals surface area contributed by atoms with Crippen LogP contribution in [-0.4, -0.2) is 36.6 Å². The Morgan fingerprint density at radius 3 is 2.62 bits per heavy atom. The van der Waals surface area contributed by atoms with E-state index in [1.807, 2.05) is 0 Å². The third kappa shape index (κ3) is 4.56. The summed E-state index contributed by atoms with van der Waals surface area (Å²) in [4.78, 5) is 12.8. The Hall–Kier alpha value is -1.37. The van der Waals surface area contributed by atoms with Crippen molar-refractivity contribution in [1.82, 2.24) is 4.90 Å². The summed E-state index contributed by atoms with van der Waals surface area (Å²) in [6.07, 6.45) is 2.18. The second-order valence-electron chi connectivity index (χ2n) is 5.21. The SMILES string of the molecule is COc1ccc([N+](=O)[O-])cc1CN1CCC(CN)CC1.Cl. The lowest BCUT2D eigenvalue weighted by Gasteiger charge is -2.31. The average Bonchev–Trinajstić information content (AvgIpc) is 2.48. The van der Waals surface area contributed by atoms with Gasteiger partial charge in [-0.1, -0.05) is 0 Å². The van der Waals surface area contributed by atoms with Crippen LogP contribution in [0.25, 0.3) is 0 Å². The Bertz CT molecular complexity index is 477. The summed E-state index contributed by atoms with van der Waals surface area (Å²) in [6, 6.07) is 4.75. The summed E-state index contributed by atoms with van der Waals surface area (Å²) >= 11 is 0. The number of non-ortho nitro benzene ring substituents is 1. The first-order chi connectivity index (χ1) is 9.63. The predicted octanol–water partition coefficient (Wildman–Crippen LogP) is 2.20. The van der Waals surface area contributed by atoms with Gasteiger partial charge in [-0.05, 0) is 44.5 Å². The number of benzene rings is 1. The van der Waals surface area contributed by atoms with Gasteiger partial charge in [0.2, 0.25) is 0 Å². The molecule has 0 saturated carbocycles. The van der Waals surface area contributed by atoms with E-state index in [-0.39, 0.29) is 23.0 Å². The van der Waals surface area contributed by atoms with Gasteiger partial charge in [-0.3, -0.25) is 15.0 Å². The zero-order valence-corrected chi connectivity index (χ0v) is 13.0. The largest absolute Gasteiger partial charge is 0.496 e. The van der Waals surface area contributed by atoms with Gasteiger partial charge in [0.1, 0.15) is 5.75 Å². The Morgan fingerprint density at radius 2 is 2.10 bits per heavy atom. The van der Waals surface area contributed by atoms with Crippen molar-refractivity contribution < 1.29 is 9.66 Å². The minimum atomic E-state index is -0.371. The summed E-state index contributed by atoms with van der Waals surface area (Å²) in [5.74, 6) is 1.31. The van der Waals surface area contributed by atoms with E-state index in [2.05, 4.69) is 4.90 Å². The number of methoxy groups -OCH3 is 1. The van der Waals surface area contributed by atoms with Crippen LogP contribution in [0.1, 0.15) is 18.4 Å². The van der Waals surface area contributed by atoms with E-state index >= 15 is 0 Å². The lowest BCUT2D eigenvalue weighted by Crippen LogP contribution is -2.35. The molecule has 1 saturated heterocycles. The van der Waals surface area contributed by atoms with E-state index in [1.54, 1.807) is 19.2 Å². The molecule has 2 rings (SSSR count). The quantitative estimate of drug-likeness (QED) is 0.665. The van der Waals surface area contributed by atoms with Crippen LogP contribution in [0.4, 0.5) is 5.69 Å². The van der Waals surface area contributed by atoms with Crippen LogP contribution in [0.3, 0.4) is 0 Å². The minimum Gasteiger partial charge on any atom is -0.496 e. The number of ether oxygens (including phenoxy) is 1. The zero-order chi connectivity index (χ0) is 14.5. The van der Waals surface area contributed by atoms with Crippen LogP contribution in [0.15, 0.2) is 18.2 Å². The summed E-state index contributed by atoms with van der Waals surface area (Å²) in [7, 11) is 1.59. The van der Waals surface area contributed by atoms with Crippen LogP contribution >= 0.6 is 12.4 Å². The maximum Gasteiger partial charge on any atom is 0.270 e. The van der Waals surface area contributed by atoms with Crippen LogP contribution in [0.5, 0.6) is 5.75 Å². The molecule has 6 nitrogen and oxygen atoms in total. The maximum absolute atomic E-state index is 10.9. The predicted molar refractivity (Wildman–Crippen MR) is 84.0 cm³/mol. The summed E-state index contributed by atoms with van der Waals surface area (Å²) in [6.45, 7) is 3.39. The summed E-state index contributed by atoms with van der Waals surface area (Å²) in [5.41, 5.74) is 6.66. The highest BCUT2D eigenvalue weighted by atomic mass is 35.5. The van der Waals surface area contributed by atoms with E-state index in [9.17, 15) is 10.1 Å². The Balaban J connectivity index is 0.00000220. The van der Waals surface area contributed by atoms with Crippen LogP contribution in [0.2, 0.25) is 0 Å². The normalized spacial score (nSPS) is 16.3. The van der Waals surface area contributed by atoms with Gasteiger partial charge < -0.3 is 10.5 Å². The smallest absolute Gasteiger partial charge is 0.270 e. The van der Waals surface area contributed by atoms with Gasteiger partial charge >= 0.3 is 0 Å². The molecule has 0 atom stereocenters. The fourth-order valence-electron chi connectivity index (χ4n) is 2.62. The van der Waals surface area contributed by atoms with Crippen molar-refractivity contribution in [2.24, 2.45) is 11.7 Å². The third-order valence-electron chi connectivity index (χ3n) is 3.91. The fraction of sp³-hybridized carbons (Fsp3) is 0.571. The first kappa shape index (κ1) is 17.7. The second-order valence-corrected chi connectivity index (χ2v) is 5.21. The topological polar surface area (TPSA) is 81.6 Å². The van der Waals surface area contributed by atoms with Crippen molar-refractivity contribution in [2.45, 2.75) is 19.4 Å². The van der Waals surface area contributed by atoms with E-state index in [0.29, 0.717) is 18.2 Å². The van der Waals surface area contributed by atoms with Crippen LogP contribution in [0, 0.1) is 16.0 Å². The van der Waals surface area contributed by atoms with Gasteiger partial charge in [0.05, 0.1) is 12.0 Å². The van der Waals surface area contributed by atoms with Crippen LogP contribution < -0.4 is 10.5 Å². The molecule has 1 aliphatic rings. The Morgan fingerprint density at radius 1 is 1.43 bits per heavy atom. The molecular weight excluding hydrogens is 294 g/mol. The number of nitrogens with zero attached hydrogens (tertiary/aromatic N) is 2. The monoisotopic (exact) mass is 315 g/mol. The standard InChI is InChI=1S/C14H21N3O3.ClH/c1-20-14-3-2-13(17(18)19)8-12(14)10-16-6-4-11(9-15)5-7-16;/h2-3,8,11H,4-7,9-10,15H2,1H3;1H. The van der Waals surface area contributed by atoms with Gasteiger partial charge in [-0.25, -0.2) is 0 Å². The van der Waals surface area contributed by atoms with Crippen molar-refractivity contribution in [1.29, 1.82) is 0 Å². The number of hydrogen-bond acceptors (Lipinski definition) is 5. The molecule has 0 unspecified atom stereocenters. The molecule has 0 aliphatic carbocycles. The lowest BCUT2D eigenvalue weighted by atomic mass is 9.97. The van der Waals surface area contributed by atoms with Crippen molar-refractivity contribution >= 4 is 18.1 Å². The molecule has 0 amide bonds. The molecule has 0 aromatic heterocycles. The van der Waals surface area contributed by atoms with E-state index in [1.165, 1.54) is 6.07 Å². The zero-order valence-electron chi connectivity index (χ0n) is 12.2. The highest BCUT2D eigenvalue weighted by Gasteiger charge is 2.20. The van der Waals surface area contributed by atoms with E-state index in [0.717, 1.165) is 38.0 Å². The second kappa shape index (κ2) is 8.17. The molecule has 1 aromatic rings. The van der Waals surface area contributed by atoms with Crippen LogP contribution in [-0.2, 0) is 6.54 Å². The molecule has 21 heavy (non-hydrogen) atoms. The molecule has 0 radical (unpaired) electrons. The highest BCUT2D eigenvalue weighted by molar-refractivity contribution is 5.85. The van der Waals surface area contributed by atoms with Crippen molar-refractivity contribution in [3.8, 4) is 5.75 Å². The molecule has 7 heteroatoms. The van der Waals surface area contributed by atoms with Gasteiger partial charge in [-0.2, -0.15) is 0 Å². The molecule has 0 spiro atoms. The molecule has 0 bridgehead atoms. The number of halogens is 1. The molecule has 1 aliphatic heterocycles. The Kier molecular flexibility index (Phi) is 6.87. The maximum atomic E-state index is 10.9. The van der Waals surface area contributed by atoms with Gasteiger partial charge in [0.25, 0.3) is 5.69 Å². The van der Waals surface area contributed by atoms with Gasteiger partial charge in [0.15, 0.2) is 0 Å². The first-order valence-corrected chi connectivity index (χ1v) is 6.87. The highest BCUT2D eigenvalue weighted by Crippen LogP contribution is 2.27. The third-order valence-corrected chi connectivity index (χ3v) is 3.91. The number of rotatable bonds is 5. The molecule has 2 N–H and O–H groups in total. The van der Waals surface area contributed by atoms with Crippen molar-refractivity contribution in [3.63, 3.8) is 0 Å². The van der Waals surface area contributed by atoms with Gasteiger partial charge in [0, 0.05) is 24.2 Å². The van der Waals surface area contributed by atoms with E-state index in [4.69, 9.17) is 10.5 Å². The number of piperidine rings is 1. The molecular formula is C14H22ClN3O3. The lowest BCUT2D eigenvalue weighted by molar-refractivity contribution is -0.385. The molecule has 1 aromatic carbocycles. The number of hydrogen-bond donors (Lipinski definition) is 1. The van der Waals surface area contributed by atoms with Crippen molar-refractivity contribution in [2.75, 3.05) is 26.7 Å². The minimum absolute atomic E-state index is 0. The number of nitrogens with two attached hydrogens (primary N) is 1. The average molecular weight is 316 g/mol. The molecule has 1 heterocycles. The van der Waals surface area contributed by atoms with E-state index < -0.39 is 0 Å². The number of likely N-dealkylation sites (tertiary alicyclic amines) is 1. The van der Waals surface area contributed by atoms with Gasteiger partial charge in [-0.15, -0.1) is 12.4 Å². The summed E-state index contributed by atoms with van der Waals surface area (Å²) in [5, 5.41) is 10.9. The first-order valence-electron chi connectivity index (χ1n) is 6.87. The molecule has 1 fully saturated rings. The fourth-order valence-corrected chi connectivity index (χ4v) is 2.62. The summed E-state index contributed by atoms with van der Waals surface area (Å²) < 4.78 is 5.29. The van der Waals surface area contributed by atoms with Crippen molar-refractivity contribution in [3.05, 3.63) is 33.9 Å². The number of nitro benzene ring substituents is 1. The number of nitro groups is 1. The molecule has 118 valence electrons.